The number of carbonyl (C=O) groups is 1. The Labute approximate surface area is 88.3 Å². The van der Waals surface area contributed by atoms with Crippen LogP contribution in [0, 0.1) is 0 Å². The molecule has 4 nitrogen and oxygen atoms in total. The minimum Gasteiger partial charge on any atom is -0.508 e. The first-order valence-electron chi connectivity index (χ1n) is 4.85. The van der Waals surface area contributed by atoms with Crippen LogP contribution < -0.4 is 5.73 Å². The summed E-state index contributed by atoms with van der Waals surface area (Å²) < 4.78 is 0. The third kappa shape index (κ3) is 1.94. The van der Waals surface area contributed by atoms with Gasteiger partial charge in [0.25, 0.3) is 5.91 Å². The molecule has 0 atom stereocenters. The maximum atomic E-state index is 11.8. The minimum atomic E-state index is -0.257. The highest BCUT2D eigenvalue weighted by atomic mass is 16.3. The lowest BCUT2D eigenvalue weighted by Gasteiger charge is -2.45. The van der Waals surface area contributed by atoms with Crippen molar-refractivity contribution in [3.8, 4) is 5.75 Å². The largest absolute Gasteiger partial charge is 0.508 e. The van der Waals surface area contributed by atoms with Gasteiger partial charge in [0.2, 0.25) is 0 Å². The van der Waals surface area contributed by atoms with Gasteiger partial charge in [-0.3, -0.25) is 4.79 Å². The van der Waals surface area contributed by atoms with Gasteiger partial charge in [0, 0.05) is 24.2 Å². The van der Waals surface area contributed by atoms with E-state index in [1.807, 2.05) is 6.92 Å². The molecule has 0 spiro atoms. The first kappa shape index (κ1) is 9.98. The molecule has 1 aromatic rings. The van der Waals surface area contributed by atoms with Crippen LogP contribution in [0.3, 0.4) is 0 Å². The molecule has 0 aliphatic carbocycles. The summed E-state index contributed by atoms with van der Waals surface area (Å²) in [7, 11) is 0. The summed E-state index contributed by atoms with van der Waals surface area (Å²) in [6.07, 6.45) is 0. The number of aromatic hydroxyl groups is 1. The second-order valence-electron chi connectivity index (χ2n) is 4.37. The lowest BCUT2D eigenvalue weighted by Crippen LogP contribution is -2.66. The van der Waals surface area contributed by atoms with E-state index >= 15 is 0 Å². The van der Waals surface area contributed by atoms with Gasteiger partial charge in [-0.2, -0.15) is 0 Å². The normalized spacial score (nSPS) is 18.4. The van der Waals surface area contributed by atoms with E-state index in [-0.39, 0.29) is 17.2 Å². The molecule has 1 fully saturated rings. The number of phenolic OH excluding ortho intramolecular Hbond substituents is 1. The lowest BCUT2D eigenvalue weighted by molar-refractivity contribution is 0.0453. The van der Waals surface area contributed by atoms with Gasteiger partial charge >= 0.3 is 0 Å². The van der Waals surface area contributed by atoms with Crippen molar-refractivity contribution in [3.63, 3.8) is 0 Å². The van der Waals surface area contributed by atoms with Gasteiger partial charge < -0.3 is 15.7 Å². The number of phenols is 1. The molecule has 0 unspecified atom stereocenters. The predicted molar refractivity (Wildman–Crippen MR) is 56.6 cm³/mol. The van der Waals surface area contributed by atoms with Gasteiger partial charge in [0.1, 0.15) is 5.75 Å². The molecule has 1 aliphatic rings. The summed E-state index contributed by atoms with van der Waals surface area (Å²) in [4.78, 5) is 13.5. The van der Waals surface area contributed by atoms with Crippen molar-refractivity contribution in [1.29, 1.82) is 0 Å². The minimum absolute atomic E-state index is 0.0752. The number of rotatable bonds is 1. The average Bonchev–Trinajstić information content (AvgIpc) is 2.13. The smallest absolute Gasteiger partial charge is 0.254 e. The Morgan fingerprint density at radius 1 is 1.53 bits per heavy atom. The van der Waals surface area contributed by atoms with E-state index in [4.69, 9.17) is 5.73 Å². The molecule has 1 heterocycles. The van der Waals surface area contributed by atoms with Crippen molar-refractivity contribution in [3.05, 3.63) is 29.8 Å². The number of nitrogens with zero attached hydrogens (tertiary/aromatic N) is 1. The van der Waals surface area contributed by atoms with Gasteiger partial charge in [0.15, 0.2) is 0 Å². The highest BCUT2D eigenvalue weighted by molar-refractivity contribution is 5.95. The number of carbonyl (C=O) groups excluding carboxylic acids is 1. The van der Waals surface area contributed by atoms with Crippen LogP contribution in [0.25, 0.3) is 0 Å². The molecule has 0 saturated carbocycles. The van der Waals surface area contributed by atoms with Crippen molar-refractivity contribution in [2.75, 3.05) is 13.1 Å². The fraction of sp³-hybridized carbons (Fsp3) is 0.364. The van der Waals surface area contributed by atoms with Crippen LogP contribution in [-0.4, -0.2) is 34.5 Å². The first-order valence-corrected chi connectivity index (χ1v) is 4.85. The third-order valence-corrected chi connectivity index (χ3v) is 2.48. The molecule has 0 radical (unpaired) electrons. The van der Waals surface area contributed by atoms with Crippen LogP contribution in [0.4, 0.5) is 0 Å². The molecule has 1 amide bonds. The average molecular weight is 206 g/mol. The molecule has 1 aromatic carbocycles. The van der Waals surface area contributed by atoms with Crippen LogP contribution in [0.5, 0.6) is 5.75 Å². The Bertz CT molecular complexity index is 393. The molecule has 80 valence electrons. The zero-order valence-electron chi connectivity index (χ0n) is 8.60. The predicted octanol–water partition coefficient (Wildman–Crippen LogP) is 0.565. The summed E-state index contributed by atoms with van der Waals surface area (Å²) in [5, 5.41) is 9.24. The zero-order chi connectivity index (χ0) is 11.1. The third-order valence-electron chi connectivity index (χ3n) is 2.48. The maximum absolute atomic E-state index is 11.8. The molecule has 1 saturated heterocycles. The van der Waals surface area contributed by atoms with Gasteiger partial charge in [0.05, 0.1) is 0 Å². The molecule has 2 rings (SSSR count). The molecular weight excluding hydrogens is 192 g/mol. The summed E-state index contributed by atoms with van der Waals surface area (Å²) >= 11 is 0. The monoisotopic (exact) mass is 206 g/mol. The number of benzene rings is 1. The van der Waals surface area contributed by atoms with Crippen molar-refractivity contribution in [2.45, 2.75) is 12.5 Å². The number of hydrogen-bond acceptors (Lipinski definition) is 3. The van der Waals surface area contributed by atoms with Crippen molar-refractivity contribution in [2.24, 2.45) is 5.73 Å². The molecule has 0 aromatic heterocycles. The molecule has 0 bridgehead atoms. The standard InChI is InChI=1S/C11H14N2O2/c1-11(12)6-13(7-11)10(15)8-3-2-4-9(14)5-8/h2-5,14H,6-7,12H2,1H3. The van der Waals surface area contributed by atoms with Crippen LogP contribution >= 0.6 is 0 Å². The summed E-state index contributed by atoms with van der Waals surface area (Å²) in [5.74, 6) is 0.0331. The van der Waals surface area contributed by atoms with Gasteiger partial charge in [-0.25, -0.2) is 0 Å². The summed E-state index contributed by atoms with van der Waals surface area (Å²) in [6, 6.07) is 6.35. The Morgan fingerprint density at radius 2 is 2.20 bits per heavy atom. The summed E-state index contributed by atoms with van der Waals surface area (Å²) in [5.41, 5.74) is 6.06. The number of hydrogen-bond donors (Lipinski definition) is 2. The van der Waals surface area contributed by atoms with E-state index in [1.165, 1.54) is 6.07 Å². The Morgan fingerprint density at radius 3 is 2.73 bits per heavy atom. The van der Waals surface area contributed by atoms with Gasteiger partial charge in [-0.05, 0) is 25.1 Å². The van der Waals surface area contributed by atoms with Gasteiger partial charge in [-0.15, -0.1) is 0 Å². The Kier molecular flexibility index (Phi) is 2.16. The van der Waals surface area contributed by atoms with Crippen molar-refractivity contribution >= 4 is 5.91 Å². The van der Waals surface area contributed by atoms with Crippen LogP contribution in [0.1, 0.15) is 17.3 Å². The second kappa shape index (κ2) is 3.24. The maximum Gasteiger partial charge on any atom is 0.254 e. The van der Waals surface area contributed by atoms with E-state index < -0.39 is 0 Å². The quantitative estimate of drug-likeness (QED) is 0.705. The Hall–Kier alpha value is -1.55. The molecular formula is C11H14N2O2. The highest BCUT2D eigenvalue weighted by Crippen LogP contribution is 2.21. The molecule has 3 N–H and O–H groups in total. The van der Waals surface area contributed by atoms with E-state index in [2.05, 4.69) is 0 Å². The SMILES string of the molecule is CC1(N)CN(C(=O)c2cccc(O)c2)C1. The fourth-order valence-electron chi connectivity index (χ4n) is 1.79. The number of amides is 1. The Balaban J connectivity index is 2.10. The van der Waals surface area contributed by atoms with Crippen LogP contribution in [0.2, 0.25) is 0 Å². The van der Waals surface area contributed by atoms with Crippen LogP contribution in [-0.2, 0) is 0 Å². The van der Waals surface area contributed by atoms with E-state index in [0.29, 0.717) is 18.7 Å². The molecule has 4 heteroatoms. The molecule has 1 aliphatic heterocycles. The highest BCUT2D eigenvalue weighted by Gasteiger charge is 2.38. The lowest BCUT2D eigenvalue weighted by atomic mass is 9.93. The van der Waals surface area contributed by atoms with Crippen molar-refractivity contribution < 1.29 is 9.90 Å². The summed E-state index contributed by atoms with van der Waals surface area (Å²) in [6.45, 7) is 3.06. The zero-order valence-corrected chi connectivity index (χ0v) is 8.60. The fourth-order valence-corrected chi connectivity index (χ4v) is 1.79. The van der Waals surface area contributed by atoms with Crippen LogP contribution in [0.15, 0.2) is 24.3 Å². The first-order chi connectivity index (χ1) is 6.98. The molecule has 15 heavy (non-hydrogen) atoms. The van der Waals surface area contributed by atoms with E-state index in [9.17, 15) is 9.90 Å². The van der Waals surface area contributed by atoms with Crippen molar-refractivity contribution in [1.82, 2.24) is 4.90 Å². The number of nitrogens with two attached hydrogens (primary N) is 1. The van der Waals surface area contributed by atoms with E-state index in [1.54, 1.807) is 23.1 Å². The van der Waals surface area contributed by atoms with Gasteiger partial charge in [-0.1, -0.05) is 6.07 Å². The number of likely N-dealkylation sites (tertiary alicyclic amines) is 1. The topological polar surface area (TPSA) is 66.6 Å². The second-order valence-corrected chi connectivity index (χ2v) is 4.37. The van der Waals surface area contributed by atoms with E-state index in [0.717, 1.165) is 0 Å².